The molecule has 5 heteroatoms. The van der Waals surface area contributed by atoms with Crippen LogP contribution < -0.4 is 4.74 Å². The van der Waals surface area contributed by atoms with E-state index in [1.54, 1.807) is 6.07 Å². The molecule has 0 atom stereocenters. The second kappa shape index (κ2) is 6.72. The van der Waals surface area contributed by atoms with Gasteiger partial charge < -0.3 is 9.47 Å². The molecule has 120 valence electrons. The Balaban J connectivity index is 1.92. The van der Waals surface area contributed by atoms with Gasteiger partial charge in [-0.2, -0.15) is 0 Å². The number of carbonyl (C=O) groups excluding carboxylic acids is 2. The van der Waals surface area contributed by atoms with Crippen LogP contribution in [-0.2, 0) is 9.53 Å². The van der Waals surface area contributed by atoms with Crippen molar-refractivity contribution in [2.45, 2.75) is 0 Å². The molecule has 0 heterocycles. The zero-order valence-corrected chi connectivity index (χ0v) is 13.5. The molecule has 0 fully saturated rings. The molecule has 0 aromatic heterocycles. The number of Topliss-reactive ketones (excluding diaryl/α,β-unsaturated/α-hetero) is 1. The smallest absolute Gasteiger partial charge is 0.379 e. The van der Waals surface area contributed by atoms with E-state index in [1.807, 2.05) is 42.5 Å². The maximum Gasteiger partial charge on any atom is 0.379 e. The predicted octanol–water partition coefficient (Wildman–Crippen LogP) is 4.64. The maximum absolute atomic E-state index is 11.8. The summed E-state index contributed by atoms with van der Waals surface area (Å²) in [6.07, 6.45) is 0. The zero-order chi connectivity index (χ0) is 17.1. The fourth-order valence-corrected chi connectivity index (χ4v) is 2.61. The van der Waals surface area contributed by atoms with Crippen molar-refractivity contribution in [3.8, 4) is 11.5 Å². The summed E-state index contributed by atoms with van der Waals surface area (Å²) in [5.41, 5.74) is 0.0776. The molecule has 3 rings (SSSR count). The third-order valence-electron chi connectivity index (χ3n) is 3.53. The molecule has 0 radical (unpaired) electrons. The fraction of sp³-hybridized carbons (Fsp3) is 0.0526. The van der Waals surface area contributed by atoms with Crippen molar-refractivity contribution in [1.29, 1.82) is 0 Å². The number of benzene rings is 3. The Bertz CT molecular complexity index is 928. The monoisotopic (exact) mass is 340 g/mol. The van der Waals surface area contributed by atoms with Gasteiger partial charge in [0.05, 0.1) is 12.1 Å². The highest BCUT2D eigenvalue weighted by Gasteiger charge is 2.20. The molecule has 0 aliphatic heterocycles. The van der Waals surface area contributed by atoms with Gasteiger partial charge in [0.25, 0.3) is 5.78 Å². The van der Waals surface area contributed by atoms with E-state index in [-0.39, 0.29) is 10.6 Å². The lowest BCUT2D eigenvalue weighted by molar-refractivity contribution is -0.135. The van der Waals surface area contributed by atoms with Gasteiger partial charge in [-0.1, -0.05) is 48.0 Å². The highest BCUT2D eigenvalue weighted by atomic mass is 35.5. The second-order valence-corrected chi connectivity index (χ2v) is 5.45. The molecule has 0 spiro atoms. The summed E-state index contributed by atoms with van der Waals surface area (Å²) in [7, 11) is 1.14. The first-order valence-electron chi connectivity index (χ1n) is 7.18. The van der Waals surface area contributed by atoms with Crippen molar-refractivity contribution in [3.63, 3.8) is 0 Å². The molecular formula is C19H13ClO4. The van der Waals surface area contributed by atoms with Gasteiger partial charge in [0.15, 0.2) is 0 Å². The van der Waals surface area contributed by atoms with Gasteiger partial charge in [0, 0.05) is 17.0 Å². The molecule has 3 aromatic carbocycles. The van der Waals surface area contributed by atoms with Crippen LogP contribution in [-0.4, -0.2) is 18.9 Å². The standard InChI is InChI=1S/C19H13ClO4/c1-23-19(22)18(21)15-10-9-13(11-16(15)20)24-17-8-4-6-12-5-2-3-7-14(12)17/h2-11H,1H3. The summed E-state index contributed by atoms with van der Waals surface area (Å²) < 4.78 is 10.3. The first-order valence-corrected chi connectivity index (χ1v) is 7.56. The van der Waals surface area contributed by atoms with E-state index in [9.17, 15) is 9.59 Å². The number of halogens is 1. The molecule has 0 amide bonds. The van der Waals surface area contributed by atoms with Crippen LogP contribution in [0.4, 0.5) is 0 Å². The van der Waals surface area contributed by atoms with Crippen molar-refractivity contribution in [2.24, 2.45) is 0 Å². The van der Waals surface area contributed by atoms with Crippen LogP contribution in [0.2, 0.25) is 5.02 Å². The molecule has 0 aliphatic rings. The number of fused-ring (bicyclic) bond motifs is 1. The van der Waals surface area contributed by atoms with Gasteiger partial charge in [-0.25, -0.2) is 4.79 Å². The summed E-state index contributed by atoms with van der Waals surface area (Å²) in [4.78, 5) is 23.2. The number of ether oxygens (including phenoxy) is 2. The summed E-state index contributed by atoms with van der Waals surface area (Å²) in [5.74, 6) is -0.604. The van der Waals surface area contributed by atoms with E-state index in [1.165, 1.54) is 12.1 Å². The Kier molecular flexibility index (Phi) is 4.49. The van der Waals surface area contributed by atoms with E-state index in [0.717, 1.165) is 17.9 Å². The largest absolute Gasteiger partial charge is 0.463 e. The Morgan fingerprint density at radius 3 is 2.46 bits per heavy atom. The van der Waals surface area contributed by atoms with Gasteiger partial charge in [0.1, 0.15) is 11.5 Å². The Labute approximate surface area is 143 Å². The molecule has 0 unspecified atom stereocenters. The number of hydrogen-bond acceptors (Lipinski definition) is 4. The van der Waals surface area contributed by atoms with E-state index in [4.69, 9.17) is 16.3 Å². The molecule has 0 saturated heterocycles. The van der Waals surface area contributed by atoms with Crippen LogP contribution in [0, 0.1) is 0 Å². The fourth-order valence-electron chi connectivity index (χ4n) is 2.36. The quantitative estimate of drug-likeness (QED) is 0.394. The van der Waals surface area contributed by atoms with Crippen LogP contribution in [0.25, 0.3) is 10.8 Å². The molecule has 24 heavy (non-hydrogen) atoms. The van der Waals surface area contributed by atoms with Crippen LogP contribution in [0.1, 0.15) is 10.4 Å². The van der Waals surface area contributed by atoms with Gasteiger partial charge in [-0.3, -0.25) is 4.79 Å². The number of carbonyl (C=O) groups is 2. The minimum Gasteiger partial charge on any atom is -0.463 e. The first kappa shape index (κ1) is 16.0. The molecule has 0 bridgehead atoms. The Morgan fingerprint density at radius 2 is 1.71 bits per heavy atom. The SMILES string of the molecule is COC(=O)C(=O)c1ccc(Oc2cccc3ccccc23)cc1Cl. The number of hydrogen-bond donors (Lipinski definition) is 0. The molecule has 0 aliphatic carbocycles. The van der Waals surface area contributed by atoms with Crippen molar-refractivity contribution < 1.29 is 19.1 Å². The highest BCUT2D eigenvalue weighted by Crippen LogP contribution is 2.32. The predicted molar refractivity (Wildman–Crippen MR) is 91.8 cm³/mol. The zero-order valence-electron chi connectivity index (χ0n) is 12.8. The molecule has 0 N–H and O–H groups in total. The second-order valence-electron chi connectivity index (χ2n) is 5.04. The number of methoxy groups -OCH3 is 1. The van der Waals surface area contributed by atoms with Crippen molar-refractivity contribution in [1.82, 2.24) is 0 Å². The van der Waals surface area contributed by atoms with Crippen LogP contribution >= 0.6 is 11.6 Å². The molecular weight excluding hydrogens is 328 g/mol. The third kappa shape index (κ3) is 3.09. The highest BCUT2D eigenvalue weighted by molar-refractivity contribution is 6.45. The number of esters is 1. The average Bonchev–Trinajstić information content (AvgIpc) is 2.61. The van der Waals surface area contributed by atoms with Crippen molar-refractivity contribution >= 4 is 34.1 Å². The molecule has 0 saturated carbocycles. The van der Waals surface area contributed by atoms with Gasteiger partial charge in [-0.15, -0.1) is 0 Å². The molecule has 4 nitrogen and oxygen atoms in total. The topological polar surface area (TPSA) is 52.6 Å². The van der Waals surface area contributed by atoms with Crippen LogP contribution in [0.15, 0.2) is 60.7 Å². The van der Waals surface area contributed by atoms with E-state index < -0.39 is 11.8 Å². The average molecular weight is 341 g/mol. The van der Waals surface area contributed by atoms with Crippen molar-refractivity contribution in [2.75, 3.05) is 7.11 Å². The molecule has 3 aromatic rings. The van der Waals surface area contributed by atoms with E-state index in [0.29, 0.717) is 11.5 Å². The van der Waals surface area contributed by atoms with Gasteiger partial charge in [-0.05, 0) is 23.6 Å². The third-order valence-corrected chi connectivity index (χ3v) is 3.85. The minimum atomic E-state index is -0.959. The van der Waals surface area contributed by atoms with Crippen molar-refractivity contribution in [3.05, 3.63) is 71.2 Å². The lowest BCUT2D eigenvalue weighted by atomic mass is 10.1. The number of rotatable bonds is 4. The maximum atomic E-state index is 11.8. The Hall–Kier alpha value is -2.85. The van der Waals surface area contributed by atoms with E-state index >= 15 is 0 Å². The lowest BCUT2D eigenvalue weighted by Crippen LogP contribution is -2.16. The summed E-state index contributed by atoms with van der Waals surface area (Å²) in [6.45, 7) is 0. The van der Waals surface area contributed by atoms with Gasteiger partial charge in [0.2, 0.25) is 0 Å². The minimum absolute atomic E-state index is 0.0776. The number of ketones is 1. The van der Waals surface area contributed by atoms with E-state index in [2.05, 4.69) is 4.74 Å². The van der Waals surface area contributed by atoms with Crippen LogP contribution in [0.3, 0.4) is 0 Å². The first-order chi connectivity index (χ1) is 11.6. The van der Waals surface area contributed by atoms with Crippen LogP contribution in [0.5, 0.6) is 11.5 Å². The summed E-state index contributed by atoms with van der Waals surface area (Å²) in [6, 6.07) is 18.1. The Morgan fingerprint density at radius 1 is 0.958 bits per heavy atom. The normalized spacial score (nSPS) is 10.4. The lowest BCUT2D eigenvalue weighted by Gasteiger charge is -2.10. The summed E-state index contributed by atoms with van der Waals surface area (Å²) >= 11 is 6.10. The van der Waals surface area contributed by atoms with Gasteiger partial charge >= 0.3 is 5.97 Å². The summed E-state index contributed by atoms with van der Waals surface area (Å²) in [5, 5.41) is 2.15.